The number of aromatic nitrogens is 1. The number of rotatable bonds is 2. The molecule has 1 N–H and O–H groups in total. The SMILES string of the molecule is Cc1ccc(NC(=O)c2cc(C)nc3c(C)c(Cl)ccc23)c(C)c1. The smallest absolute Gasteiger partial charge is 0.256 e. The maximum Gasteiger partial charge on any atom is 0.256 e. The zero-order valence-electron chi connectivity index (χ0n) is 14.2. The zero-order valence-corrected chi connectivity index (χ0v) is 15.0. The highest BCUT2D eigenvalue weighted by Gasteiger charge is 2.15. The number of hydrogen-bond donors (Lipinski definition) is 1. The van der Waals surface area contributed by atoms with E-state index in [0.29, 0.717) is 10.6 Å². The molecule has 0 atom stereocenters. The van der Waals surface area contributed by atoms with Gasteiger partial charge < -0.3 is 5.32 Å². The molecular weight excluding hydrogens is 320 g/mol. The van der Waals surface area contributed by atoms with Gasteiger partial charge in [-0.25, -0.2) is 0 Å². The minimum Gasteiger partial charge on any atom is -0.322 e. The van der Waals surface area contributed by atoms with E-state index in [4.69, 9.17) is 11.6 Å². The van der Waals surface area contributed by atoms with Crippen LogP contribution in [0.5, 0.6) is 0 Å². The molecule has 1 amide bonds. The van der Waals surface area contributed by atoms with Crippen molar-refractivity contribution in [2.75, 3.05) is 5.32 Å². The maximum atomic E-state index is 12.8. The van der Waals surface area contributed by atoms with Crippen molar-refractivity contribution in [1.82, 2.24) is 4.98 Å². The number of benzene rings is 2. The van der Waals surface area contributed by atoms with Gasteiger partial charge >= 0.3 is 0 Å². The van der Waals surface area contributed by atoms with Crippen LogP contribution >= 0.6 is 11.6 Å². The van der Waals surface area contributed by atoms with Gasteiger partial charge in [-0.2, -0.15) is 0 Å². The second-order valence-electron chi connectivity index (χ2n) is 6.15. The molecule has 0 aliphatic carbocycles. The maximum absolute atomic E-state index is 12.8. The molecule has 4 heteroatoms. The van der Waals surface area contributed by atoms with E-state index >= 15 is 0 Å². The van der Waals surface area contributed by atoms with Crippen LogP contribution in [0.15, 0.2) is 36.4 Å². The topological polar surface area (TPSA) is 42.0 Å². The van der Waals surface area contributed by atoms with E-state index in [1.54, 1.807) is 0 Å². The molecular formula is C20H19ClN2O. The fourth-order valence-electron chi connectivity index (χ4n) is 2.86. The second-order valence-corrected chi connectivity index (χ2v) is 6.56. The number of amides is 1. The van der Waals surface area contributed by atoms with Crippen LogP contribution in [0.4, 0.5) is 5.69 Å². The van der Waals surface area contributed by atoms with Crippen molar-refractivity contribution in [3.05, 3.63) is 69.4 Å². The van der Waals surface area contributed by atoms with Gasteiger partial charge in [0.25, 0.3) is 5.91 Å². The van der Waals surface area contributed by atoms with Crippen molar-refractivity contribution in [2.45, 2.75) is 27.7 Å². The summed E-state index contributed by atoms with van der Waals surface area (Å²) in [6, 6.07) is 11.4. The van der Waals surface area contributed by atoms with Crippen molar-refractivity contribution >= 4 is 34.1 Å². The van der Waals surface area contributed by atoms with Gasteiger partial charge in [0.1, 0.15) is 0 Å². The second kappa shape index (κ2) is 6.25. The van der Waals surface area contributed by atoms with Gasteiger partial charge in [-0.3, -0.25) is 9.78 Å². The Bertz CT molecular complexity index is 964. The Morgan fingerprint density at radius 1 is 1.04 bits per heavy atom. The Balaban J connectivity index is 2.08. The Morgan fingerprint density at radius 3 is 2.50 bits per heavy atom. The third-order valence-electron chi connectivity index (χ3n) is 4.17. The predicted molar refractivity (Wildman–Crippen MR) is 100 cm³/mol. The van der Waals surface area contributed by atoms with E-state index < -0.39 is 0 Å². The van der Waals surface area contributed by atoms with Crippen LogP contribution in [-0.4, -0.2) is 10.9 Å². The van der Waals surface area contributed by atoms with Gasteiger partial charge in [0, 0.05) is 21.8 Å². The van der Waals surface area contributed by atoms with Gasteiger partial charge in [0.2, 0.25) is 0 Å². The summed E-state index contributed by atoms with van der Waals surface area (Å²) >= 11 is 6.20. The summed E-state index contributed by atoms with van der Waals surface area (Å²) in [4.78, 5) is 17.4. The van der Waals surface area contributed by atoms with Crippen LogP contribution in [0, 0.1) is 27.7 Å². The van der Waals surface area contributed by atoms with Gasteiger partial charge in [-0.1, -0.05) is 35.4 Å². The molecule has 0 saturated heterocycles. The van der Waals surface area contributed by atoms with Gasteiger partial charge in [-0.05, 0) is 57.0 Å². The number of aryl methyl sites for hydroxylation is 4. The Morgan fingerprint density at radius 2 is 1.79 bits per heavy atom. The molecule has 24 heavy (non-hydrogen) atoms. The van der Waals surface area contributed by atoms with Crippen LogP contribution in [-0.2, 0) is 0 Å². The van der Waals surface area contributed by atoms with Gasteiger partial charge in [0.15, 0.2) is 0 Å². The third kappa shape index (κ3) is 3.00. The minimum atomic E-state index is -0.140. The number of carbonyl (C=O) groups excluding carboxylic acids is 1. The molecule has 0 unspecified atom stereocenters. The third-order valence-corrected chi connectivity index (χ3v) is 4.58. The van der Waals surface area contributed by atoms with Gasteiger partial charge in [0.05, 0.1) is 11.1 Å². The molecule has 3 aromatic rings. The predicted octanol–water partition coefficient (Wildman–Crippen LogP) is 5.37. The molecule has 1 heterocycles. The number of nitrogens with one attached hydrogen (secondary N) is 1. The first kappa shape index (κ1) is 16.5. The van der Waals surface area contributed by atoms with Crippen LogP contribution in [0.25, 0.3) is 10.9 Å². The number of anilines is 1. The molecule has 0 bridgehead atoms. The lowest BCUT2D eigenvalue weighted by Crippen LogP contribution is -2.14. The molecule has 0 aliphatic rings. The lowest BCUT2D eigenvalue weighted by molar-refractivity contribution is 0.102. The monoisotopic (exact) mass is 338 g/mol. The molecule has 0 spiro atoms. The fraction of sp³-hybridized carbons (Fsp3) is 0.200. The first-order chi connectivity index (χ1) is 11.4. The summed E-state index contributed by atoms with van der Waals surface area (Å²) in [5.74, 6) is -0.140. The Kier molecular flexibility index (Phi) is 4.29. The van der Waals surface area contributed by atoms with E-state index in [1.807, 2.05) is 58.0 Å². The molecule has 0 aliphatic heterocycles. The normalized spacial score (nSPS) is 10.9. The van der Waals surface area contributed by atoms with Crippen molar-refractivity contribution in [3.63, 3.8) is 0 Å². The molecule has 0 fully saturated rings. The number of halogens is 1. The quantitative estimate of drug-likeness (QED) is 0.682. The van der Waals surface area contributed by atoms with Crippen LogP contribution in [0.3, 0.4) is 0 Å². The highest BCUT2D eigenvalue weighted by Crippen LogP contribution is 2.28. The molecule has 0 radical (unpaired) electrons. The minimum absolute atomic E-state index is 0.140. The average Bonchev–Trinajstić information content (AvgIpc) is 2.53. The van der Waals surface area contributed by atoms with E-state index in [-0.39, 0.29) is 5.91 Å². The summed E-state index contributed by atoms with van der Waals surface area (Å²) in [5.41, 5.74) is 6.08. The molecule has 2 aromatic carbocycles. The summed E-state index contributed by atoms with van der Waals surface area (Å²) in [7, 11) is 0. The van der Waals surface area contributed by atoms with E-state index in [1.165, 1.54) is 5.56 Å². The van der Waals surface area contributed by atoms with Crippen LogP contribution in [0.2, 0.25) is 5.02 Å². The largest absolute Gasteiger partial charge is 0.322 e. The van der Waals surface area contributed by atoms with Crippen molar-refractivity contribution in [3.8, 4) is 0 Å². The van der Waals surface area contributed by atoms with Gasteiger partial charge in [-0.15, -0.1) is 0 Å². The van der Waals surface area contributed by atoms with Crippen molar-refractivity contribution in [2.24, 2.45) is 0 Å². The number of carbonyl (C=O) groups is 1. The van der Waals surface area contributed by atoms with E-state index in [2.05, 4.69) is 16.4 Å². The highest BCUT2D eigenvalue weighted by molar-refractivity contribution is 6.32. The summed E-state index contributed by atoms with van der Waals surface area (Å²) < 4.78 is 0. The number of nitrogens with zero attached hydrogens (tertiary/aromatic N) is 1. The highest BCUT2D eigenvalue weighted by atomic mass is 35.5. The average molecular weight is 339 g/mol. The van der Waals surface area contributed by atoms with Crippen LogP contribution in [0.1, 0.15) is 32.7 Å². The summed E-state index contributed by atoms with van der Waals surface area (Å²) in [6.07, 6.45) is 0. The summed E-state index contributed by atoms with van der Waals surface area (Å²) in [6.45, 7) is 7.82. The fourth-order valence-corrected chi connectivity index (χ4v) is 3.02. The molecule has 3 rings (SSSR count). The number of fused-ring (bicyclic) bond motifs is 1. The Labute approximate surface area is 146 Å². The molecule has 0 saturated carbocycles. The lowest BCUT2D eigenvalue weighted by Gasteiger charge is -2.13. The van der Waals surface area contributed by atoms with Crippen LogP contribution < -0.4 is 5.32 Å². The number of hydrogen-bond acceptors (Lipinski definition) is 2. The van der Waals surface area contributed by atoms with E-state index in [9.17, 15) is 4.79 Å². The molecule has 122 valence electrons. The standard InChI is InChI=1S/C20H19ClN2O/c1-11-5-8-18(12(2)9-11)23-20(24)16-10-13(3)22-19-14(4)17(21)7-6-15(16)19/h5-10H,1-4H3,(H,23,24). The Hall–Kier alpha value is -2.39. The number of pyridine rings is 1. The molecule has 3 nitrogen and oxygen atoms in total. The summed E-state index contributed by atoms with van der Waals surface area (Å²) in [5, 5.41) is 4.47. The van der Waals surface area contributed by atoms with Crippen molar-refractivity contribution in [1.29, 1.82) is 0 Å². The zero-order chi connectivity index (χ0) is 17.4. The van der Waals surface area contributed by atoms with Crippen molar-refractivity contribution < 1.29 is 4.79 Å². The lowest BCUT2D eigenvalue weighted by atomic mass is 10.0. The van der Waals surface area contributed by atoms with E-state index in [0.717, 1.165) is 33.4 Å². The first-order valence-corrected chi connectivity index (χ1v) is 8.19. The molecule has 1 aromatic heterocycles. The first-order valence-electron chi connectivity index (χ1n) is 7.82.